The number of anilines is 3. The van der Waals surface area contributed by atoms with Crippen LogP contribution >= 0.6 is 0 Å². The maximum Gasteiger partial charge on any atom is 0.0541 e. The molecule has 0 aliphatic heterocycles. The highest BCUT2D eigenvalue weighted by molar-refractivity contribution is 6.09. The van der Waals surface area contributed by atoms with Gasteiger partial charge in [-0.05, 0) is 133 Å². The van der Waals surface area contributed by atoms with E-state index < -0.39 is 0 Å². The van der Waals surface area contributed by atoms with Crippen LogP contribution in [0.5, 0.6) is 0 Å². The topological polar surface area (TPSA) is 8.17 Å². The van der Waals surface area contributed by atoms with Gasteiger partial charge in [0, 0.05) is 33.5 Å². The molecule has 0 aliphatic carbocycles. The summed E-state index contributed by atoms with van der Waals surface area (Å²) in [5, 5.41) is 2.58. The number of nitrogens with zero attached hydrogens (tertiary/aromatic N) is 2. The first-order valence-corrected chi connectivity index (χ1v) is 20.8. The second-order valence-corrected chi connectivity index (χ2v) is 16.0. The number of aryl methyl sites for hydroxylation is 2. The molecule has 0 amide bonds. The molecule has 2 nitrogen and oxygen atoms in total. The lowest BCUT2D eigenvalue weighted by molar-refractivity contribution is 0.544. The second kappa shape index (κ2) is 16.1. The van der Waals surface area contributed by atoms with E-state index in [1.54, 1.807) is 0 Å². The van der Waals surface area contributed by atoms with Crippen LogP contribution in [0.3, 0.4) is 0 Å². The van der Waals surface area contributed by atoms with Crippen molar-refractivity contribution in [3.05, 3.63) is 216 Å². The summed E-state index contributed by atoms with van der Waals surface area (Å²) in [4.78, 5) is 2.33. The summed E-state index contributed by atoms with van der Waals surface area (Å²) in [6.07, 6.45) is 2.23. The quantitative estimate of drug-likeness (QED) is 0.128. The monoisotopic (exact) mass is 750 g/mol. The Bertz CT molecular complexity index is 2670. The van der Waals surface area contributed by atoms with Gasteiger partial charge in [0.1, 0.15) is 0 Å². The third kappa shape index (κ3) is 7.35. The second-order valence-electron chi connectivity index (χ2n) is 16.0. The lowest BCUT2D eigenvalue weighted by Gasteiger charge is -2.26. The Balaban J connectivity index is 0.873. The van der Waals surface area contributed by atoms with Crippen molar-refractivity contribution in [3.8, 4) is 27.9 Å². The minimum absolute atomic E-state index is 0.453. The number of fused-ring (bicyclic) bond motifs is 3. The van der Waals surface area contributed by atoms with Crippen LogP contribution in [-0.2, 0) is 0 Å². The maximum absolute atomic E-state index is 2.38. The van der Waals surface area contributed by atoms with Crippen LogP contribution in [0, 0.1) is 13.8 Å². The SMILES string of the molecule is CCC(CC(C)c1ccc(-c2ccc(-n3c4ccccc4c4ccccc43)cc2)cc1)c1ccc(-c2ccc(N(c3ccc(C)cc3)c3ccc(C)cc3)cc2)cc1. The molecule has 0 saturated carbocycles. The summed E-state index contributed by atoms with van der Waals surface area (Å²) in [6.45, 7) is 8.97. The summed E-state index contributed by atoms with van der Waals surface area (Å²) in [6, 6.07) is 71.5. The number of aromatic nitrogens is 1. The summed E-state index contributed by atoms with van der Waals surface area (Å²) in [7, 11) is 0. The fourth-order valence-corrected chi connectivity index (χ4v) is 8.69. The summed E-state index contributed by atoms with van der Waals surface area (Å²) in [5.74, 6) is 0.950. The lowest BCUT2D eigenvalue weighted by Crippen LogP contribution is -2.09. The van der Waals surface area contributed by atoms with Gasteiger partial charge in [0.15, 0.2) is 0 Å². The van der Waals surface area contributed by atoms with Crippen molar-refractivity contribution in [2.24, 2.45) is 0 Å². The predicted octanol–water partition coefficient (Wildman–Crippen LogP) is 15.9. The zero-order valence-corrected chi connectivity index (χ0v) is 33.9. The fraction of sp³-hybridized carbons (Fsp3) is 0.143. The van der Waals surface area contributed by atoms with Gasteiger partial charge in [-0.1, -0.05) is 158 Å². The van der Waals surface area contributed by atoms with Gasteiger partial charge in [-0.3, -0.25) is 0 Å². The minimum atomic E-state index is 0.453. The van der Waals surface area contributed by atoms with Crippen molar-refractivity contribution in [3.63, 3.8) is 0 Å². The Morgan fingerprint density at radius 1 is 0.431 bits per heavy atom. The summed E-state index contributed by atoms with van der Waals surface area (Å²) >= 11 is 0. The van der Waals surface area contributed by atoms with Crippen molar-refractivity contribution in [1.29, 1.82) is 0 Å². The zero-order chi connectivity index (χ0) is 39.6. The Morgan fingerprint density at radius 2 is 0.810 bits per heavy atom. The van der Waals surface area contributed by atoms with Crippen molar-refractivity contribution >= 4 is 38.9 Å². The van der Waals surface area contributed by atoms with Crippen LogP contribution < -0.4 is 4.90 Å². The first-order chi connectivity index (χ1) is 28.4. The normalized spacial score (nSPS) is 12.5. The highest BCUT2D eigenvalue weighted by Gasteiger charge is 2.17. The molecule has 1 aromatic heterocycles. The van der Waals surface area contributed by atoms with Crippen molar-refractivity contribution in [1.82, 2.24) is 4.57 Å². The van der Waals surface area contributed by atoms with Gasteiger partial charge in [0.2, 0.25) is 0 Å². The van der Waals surface area contributed by atoms with E-state index in [4.69, 9.17) is 0 Å². The standard InChI is InChI=1S/C56H50N2/c1-5-42(44-22-24-46(25-23-44)47-26-34-51(35-27-47)57(49-30-14-39(2)15-31-49)50-32-16-40(3)17-33-50)38-41(4)43-18-20-45(21-19-43)48-28-36-52(37-29-48)58-55-12-8-6-10-53(55)54-11-7-9-13-56(54)58/h6-37,41-42H,5,38H2,1-4H3. The molecule has 0 saturated heterocycles. The Hall–Kier alpha value is -6.64. The first-order valence-electron chi connectivity index (χ1n) is 20.8. The summed E-state index contributed by atoms with van der Waals surface area (Å²) in [5.41, 5.74) is 17.4. The minimum Gasteiger partial charge on any atom is -0.311 e. The van der Waals surface area contributed by atoms with E-state index in [0.29, 0.717) is 11.8 Å². The molecule has 58 heavy (non-hydrogen) atoms. The number of rotatable bonds is 11. The fourth-order valence-electron chi connectivity index (χ4n) is 8.69. The van der Waals surface area contributed by atoms with Gasteiger partial charge in [0.05, 0.1) is 11.0 Å². The molecular formula is C56H50N2. The highest BCUT2D eigenvalue weighted by Crippen LogP contribution is 2.38. The molecule has 9 rings (SSSR count). The van der Waals surface area contributed by atoms with Crippen molar-refractivity contribution in [2.75, 3.05) is 4.90 Å². The molecule has 2 atom stereocenters. The van der Waals surface area contributed by atoms with E-state index in [9.17, 15) is 0 Å². The average molecular weight is 751 g/mol. The molecule has 1 heterocycles. The smallest absolute Gasteiger partial charge is 0.0541 e. The number of benzene rings is 8. The van der Waals surface area contributed by atoms with Gasteiger partial charge in [-0.25, -0.2) is 0 Å². The Labute approximate surface area is 343 Å². The van der Waals surface area contributed by atoms with Crippen LogP contribution in [0.4, 0.5) is 17.1 Å². The molecule has 0 bridgehead atoms. The summed E-state index contributed by atoms with van der Waals surface area (Å²) < 4.78 is 2.38. The molecule has 2 heteroatoms. The van der Waals surface area contributed by atoms with Crippen molar-refractivity contribution in [2.45, 2.75) is 52.4 Å². The van der Waals surface area contributed by atoms with Crippen LogP contribution in [-0.4, -0.2) is 4.57 Å². The largest absolute Gasteiger partial charge is 0.311 e. The third-order valence-electron chi connectivity index (χ3n) is 12.1. The predicted molar refractivity (Wildman–Crippen MR) is 248 cm³/mol. The maximum atomic E-state index is 2.38. The molecule has 8 aromatic carbocycles. The van der Waals surface area contributed by atoms with E-state index in [0.717, 1.165) is 29.9 Å². The van der Waals surface area contributed by atoms with Gasteiger partial charge in [-0.15, -0.1) is 0 Å². The molecule has 284 valence electrons. The number of para-hydroxylation sites is 2. The van der Waals surface area contributed by atoms with Gasteiger partial charge in [0.25, 0.3) is 0 Å². The molecule has 0 aliphatic rings. The van der Waals surface area contributed by atoms with Crippen LogP contribution in [0.2, 0.25) is 0 Å². The molecule has 2 unspecified atom stereocenters. The molecule has 0 spiro atoms. The van der Waals surface area contributed by atoms with Crippen LogP contribution in [0.25, 0.3) is 49.7 Å². The number of hydrogen-bond donors (Lipinski definition) is 0. The molecule has 9 aromatic rings. The first kappa shape index (κ1) is 37.0. The zero-order valence-electron chi connectivity index (χ0n) is 33.9. The molecule has 0 fully saturated rings. The number of hydrogen-bond acceptors (Lipinski definition) is 1. The highest BCUT2D eigenvalue weighted by atomic mass is 15.1. The van der Waals surface area contributed by atoms with E-state index in [1.807, 2.05) is 0 Å². The van der Waals surface area contributed by atoms with Gasteiger partial charge in [-0.2, -0.15) is 0 Å². The molecule has 0 N–H and O–H groups in total. The van der Waals surface area contributed by atoms with E-state index >= 15 is 0 Å². The van der Waals surface area contributed by atoms with E-state index in [1.165, 1.54) is 72.0 Å². The Kier molecular flexibility index (Phi) is 10.2. The van der Waals surface area contributed by atoms with E-state index in [2.05, 4.69) is 231 Å². The third-order valence-corrected chi connectivity index (χ3v) is 12.1. The van der Waals surface area contributed by atoms with Gasteiger partial charge < -0.3 is 9.47 Å². The van der Waals surface area contributed by atoms with Crippen LogP contribution in [0.15, 0.2) is 194 Å². The van der Waals surface area contributed by atoms with Gasteiger partial charge >= 0.3 is 0 Å². The van der Waals surface area contributed by atoms with Crippen LogP contribution in [0.1, 0.15) is 60.8 Å². The average Bonchev–Trinajstić information content (AvgIpc) is 3.62. The molecule has 0 radical (unpaired) electrons. The Morgan fingerprint density at radius 3 is 1.26 bits per heavy atom. The molecular weight excluding hydrogens is 701 g/mol. The van der Waals surface area contributed by atoms with E-state index in [-0.39, 0.29) is 0 Å². The van der Waals surface area contributed by atoms with Crippen molar-refractivity contribution < 1.29 is 0 Å². The lowest BCUT2D eigenvalue weighted by atomic mass is 9.84.